The number of aromatic nitrogens is 1. The molecule has 6 heteroatoms. The third-order valence-electron chi connectivity index (χ3n) is 3.56. The van der Waals surface area contributed by atoms with E-state index in [0.29, 0.717) is 5.69 Å². The lowest BCUT2D eigenvalue weighted by Gasteiger charge is -2.34. The van der Waals surface area contributed by atoms with Gasteiger partial charge in [-0.3, -0.25) is 19.9 Å². The summed E-state index contributed by atoms with van der Waals surface area (Å²) in [6.07, 6.45) is 3.37. The maximum absolute atomic E-state index is 11.8. The van der Waals surface area contributed by atoms with E-state index in [4.69, 9.17) is 5.73 Å². The first kappa shape index (κ1) is 12.4. The van der Waals surface area contributed by atoms with E-state index in [1.807, 2.05) is 12.1 Å². The number of carbonyl (C=O) groups is 2. The van der Waals surface area contributed by atoms with Gasteiger partial charge in [0.05, 0.1) is 6.54 Å². The number of hydrogen-bond donors (Lipinski definition) is 2. The largest absolute Gasteiger partial charge is 0.398 e. The molecule has 1 aromatic carbocycles. The van der Waals surface area contributed by atoms with Crippen LogP contribution in [-0.4, -0.2) is 29.4 Å². The molecule has 20 heavy (non-hydrogen) atoms. The molecule has 0 spiro atoms. The van der Waals surface area contributed by atoms with Crippen molar-refractivity contribution in [2.24, 2.45) is 0 Å². The summed E-state index contributed by atoms with van der Waals surface area (Å²) in [6.45, 7) is 1.90. The minimum atomic E-state index is -0.417. The number of rotatable bonds is 1. The van der Waals surface area contributed by atoms with Crippen molar-refractivity contribution in [3.8, 4) is 0 Å². The molecule has 0 aliphatic carbocycles. The zero-order valence-corrected chi connectivity index (χ0v) is 11.0. The molecule has 0 bridgehead atoms. The van der Waals surface area contributed by atoms with Gasteiger partial charge in [0.2, 0.25) is 11.8 Å². The Morgan fingerprint density at radius 1 is 1.30 bits per heavy atom. The third-order valence-corrected chi connectivity index (χ3v) is 3.56. The molecule has 1 aliphatic rings. The molecule has 3 rings (SSSR count). The fraction of sp³-hybridized carbons (Fsp3) is 0.214. The topological polar surface area (TPSA) is 88.3 Å². The number of pyridine rings is 1. The zero-order chi connectivity index (χ0) is 14.3. The Bertz CT molecular complexity index is 713. The molecule has 1 atom stereocenters. The second-order valence-corrected chi connectivity index (χ2v) is 4.81. The summed E-state index contributed by atoms with van der Waals surface area (Å²) in [7, 11) is 0. The maximum atomic E-state index is 11.8. The van der Waals surface area contributed by atoms with Crippen LogP contribution in [-0.2, 0) is 9.59 Å². The Morgan fingerprint density at radius 3 is 2.90 bits per heavy atom. The molecule has 2 aromatic rings. The highest BCUT2D eigenvalue weighted by Crippen LogP contribution is 2.31. The lowest BCUT2D eigenvalue weighted by molar-refractivity contribution is -0.132. The molecule has 1 aromatic heterocycles. The van der Waals surface area contributed by atoms with Crippen molar-refractivity contribution < 1.29 is 9.59 Å². The number of nitrogen functional groups attached to an aromatic ring is 1. The lowest BCUT2D eigenvalue weighted by atomic mass is 10.1. The van der Waals surface area contributed by atoms with Crippen LogP contribution in [0.2, 0.25) is 0 Å². The van der Waals surface area contributed by atoms with E-state index < -0.39 is 6.04 Å². The van der Waals surface area contributed by atoms with Gasteiger partial charge in [0.25, 0.3) is 0 Å². The fourth-order valence-corrected chi connectivity index (χ4v) is 2.46. The predicted molar refractivity (Wildman–Crippen MR) is 76.1 cm³/mol. The van der Waals surface area contributed by atoms with Crippen LogP contribution in [0.15, 0.2) is 30.6 Å². The summed E-state index contributed by atoms with van der Waals surface area (Å²) in [5.41, 5.74) is 7.39. The Balaban J connectivity index is 2.17. The lowest BCUT2D eigenvalue weighted by Crippen LogP contribution is -2.57. The monoisotopic (exact) mass is 270 g/mol. The second kappa shape index (κ2) is 4.48. The van der Waals surface area contributed by atoms with Gasteiger partial charge in [-0.1, -0.05) is 0 Å². The highest BCUT2D eigenvalue weighted by molar-refractivity contribution is 6.08. The number of hydrogen-bond acceptors (Lipinski definition) is 5. The molecule has 2 heterocycles. The van der Waals surface area contributed by atoms with Crippen LogP contribution in [0.3, 0.4) is 0 Å². The number of imide groups is 1. The number of benzene rings is 1. The van der Waals surface area contributed by atoms with Crippen LogP contribution < -0.4 is 16.0 Å². The molecule has 102 valence electrons. The number of amides is 2. The number of nitrogens with one attached hydrogen (secondary N) is 1. The molecule has 1 saturated heterocycles. The first-order valence-electron chi connectivity index (χ1n) is 6.30. The van der Waals surface area contributed by atoms with Gasteiger partial charge in [-0.25, -0.2) is 0 Å². The zero-order valence-electron chi connectivity index (χ0n) is 11.0. The average Bonchev–Trinajstić information content (AvgIpc) is 2.44. The van der Waals surface area contributed by atoms with E-state index in [1.165, 1.54) is 0 Å². The molecule has 0 saturated carbocycles. The van der Waals surface area contributed by atoms with Crippen LogP contribution in [0, 0.1) is 0 Å². The van der Waals surface area contributed by atoms with Crippen molar-refractivity contribution in [1.29, 1.82) is 0 Å². The molecule has 6 nitrogen and oxygen atoms in total. The van der Waals surface area contributed by atoms with Crippen LogP contribution in [0.25, 0.3) is 10.8 Å². The standard InChI is InChI=1S/C14H14N4O2/c1-8-14(20)17-13(19)7-18(8)12-3-2-11(15)9-4-5-16-6-10(9)12/h2-6,8H,7,15H2,1H3,(H,17,19,20). The molecular weight excluding hydrogens is 256 g/mol. The number of anilines is 2. The quantitative estimate of drug-likeness (QED) is 0.587. The van der Waals surface area contributed by atoms with Crippen molar-refractivity contribution in [2.45, 2.75) is 13.0 Å². The Morgan fingerprint density at radius 2 is 2.10 bits per heavy atom. The van der Waals surface area contributed by atoms with E-state index in [-0.39, 0.29) is 18.4 Å². The summed E-state index contributed by atoms with van der Waals surface area (Å²) in [4.78, 5) is 29.2. The molecule has 1 unspecified atom stereocenters. The maximum Gasteiger partial charge on any atom is 0.249 e. The summed E-state index contributed by atoms with van der Waals surface area (Å²) in [6, 6.07) is 5.01. The van der Waals surface area contributed by atoms with Gasteiger partial charge in [-0.2, -0.15) is 0 Å². The summed E-state index contributed by atoms with van der Waals surface area (Å²) in [5.74, 6) is -0.600. The van der Waals surface area contributed by atoms with Gasteiger partial charge < -0.3 is 10.6 Å². The van der Waals surface area contributed by atoms with Gasteiger partial charge in [0.15, 0.2) is 0 Å². The molecule has 1 fully saturated rings. The first-order chi connectivity index (χ1) is 9.58. The number of carbonyl (C=O) groups excluding carboxylic acids is 2. The van der Waals surface area contributed by atoms with Gasteiger partial charge in [-0.15, -0.1) is 0 Å². The number of nitrogens with zero attached hydrogens (tertiary/aromatic N) is 2. The van der Waals surface area contributed by atoms with E-state index in [1.54, 1.807) is 30.3 Å². The number of fused-ring (bicyclic) bond motifs is 1. The third kappa shape index (κ3) is 1.85. The molecule has 1 aliphatic heterocycles. The van der Waals surface area contributed by atoms with E-state index >= 15 is 0 Å². The minimum Gasteiger partial charge on any atom is -0.398 e. The van der Waals surface area contributed by atoms with Crippen molar-refractivity contribution in [3.05, 3.63) is 30.6 Å². The van der Waals surface area contributed by atoms with Crippen LogP contribution in [0.5, 0.6) is 0 Å². The van der Waals surface area contributed by atoms with E-state index in [2.05, 4.69) is 10.3 Å². The highest BCUT2D eigenvalue weighted by atomic mass is 16.2. The van der Waals surface area contributed by atoms with Crippen molar-refractivity contribution in [1.82, 2.24) is 10.3 Å². The summed E-state index contributed by atoms with van der Waals surface area (Å²) < 4.78 is 0. The van der Waals surface area contributed by atoms with Crippen LogP contribution in [0.1, 0.15) is 6.92 Å². The van der Waals surface area contributed by atoms with Crippen molar-refractivity contribution in [3.63, 3.8) is 0 Å². The summed E-state index contributed by atoms with van der Waals surface area (Å²) >= 11 is 0. The summed E-state index contributed by atoms with van der Waals surface area (Å²) in [5, 5.41) is 4.03. The van der Waals surface area contributed by atoms with Gasteiger partial charge in [0.1, 0.15) is 6.04 Å². The average molecular weight is 270 g/mol. The first-order valence-corrected chi connectivity index (χ1v) is 6.30. The van der Waals surface area contributed by atoms with E-state index in [9.17, 15) is 9.59 Å². The van der Waals surface area contributed by atoms with Crippen molar-refractivity contribution in [2.75, 3.05) is 17.2 Å². The van der Waals surface area contributed by atoms with E-state index in [0.717, 1.165) is 16.5 Å². The van der Waals surface area contributed by atoms with Gasteiger partial charge in [-0.05, 0) is 25.1 Å². The molecule has 2 amide bonds. The number of piperazine rings is 1. The smallest absolute Gasteiger partial charge is 0.249 e. The molecule has 3 N–H and O–H groups in total. The molecular formula is C14H14N4O2. The number of nitrogens with two attached hydrogens (primary N) is 1. The van der Waals surface area contributed by atoms with Gasteiger partial charge >= 0.3 is 0 Å². The predicted octanol–water partition coefficient (Wildman–Crippen LogP) is 0.668. The van der Waals surface area contributed by atoms with Crippen LogP contribution >= 0.6 is 0 Å². The second-order valence-electron chi connectivity index (χ2n) is 4.81. The van der Waals surface area contributed by atoms with Gasteiger partial charge in [0, 0.05) is 34.5 Å². The normalized spacial score (nSPS) is 19.2. The molecule has 0 radical (unpaired) electrons. The highest BCUT2D eigenvalue weighted by Gasteiger charge is 2.31. The Labute approximate surface area is 115 Å². The van der Waals surface area contributed by atoms with Crippen molar-refractivity contribution >= 4 is 34.0 Å². The SMILES string of the molecule is CC1C(=O)NC(=O)CN1c1ccc(N)c2ccncc12. The minimum absolute atomic E-state index is 0.140. The van der Waals surface area contributed by atoms with Crippen LogP contribution in [0.4, 0.5) is 11.4 Å². The fourth-order valence-electron chi connectivity index (χ4n) is 2.46. The Kier molecular flexibility index (Phi) is 2.78. The Hall–Kier alpha value is -2.63.